The van der Waals surface area contributed by atoms with E-state index in [4.69, 9.17) is 15.0 Å². The highest BCUT2D eigenvalue weighted by Gasteiger charge is 2.29. The molecule has 2 heterocycles. The number of ether oxygens (including phenoxy) is 1. The first-order valence-corrected chi connectivity index (χ1v) is 16.0. The minimum atomic E-state index is -1.98. The number of rotatable bonds is 10. The van der Waals surface area contributed by atoms with Crippen LogP contribution < -0.4 is 5.14 Å². The zero-order valence-electron chi connectivity index (χ0n) is 23.6. The van der Waals surface area contributed by atoms with Crippen molar-refractivity contribution in [3.63, 3.8) is 0 Å². The summed E-state index contributed by atoms with van der Waals surface area (Å²) in [6.45, 7) is 1.90. The Hall–Kier alpha value is -4.13. The van der Waals surface area contributed by atoms with Crippen molar-refractivity contribution in [2.45, 2.75) is 37.5 Å². The molecule has 1 atom stereocenters. The summed E-state index contributed by atoms with van der Waals surface area (Å²) in [6, 6.07) is 14.6. The van der Waals surface area contributed by atoms with E-state index in [9.17, 15) is 17.8 Å². The largest absolute Gasteiger partial charge is 0.461 e. The molecule has 1 fully saturated rings. The van der Waals surface area contributed by atoms with Gasteiger partial charge in [-0.15, -0.1) is 11.3 Å². The average Bonchev–Trinajstić information content (AvgIpc) is 3.55. The van der Waals surface area contributed by atoms with Crippen LogP contribution in [0.15, 0.2) is 70.9 Å². The van der Waals surface area contributed by atoms with E-state index in [1.807, 2.05) is 0 Å². The first-order valence-electron chi connectivity index (χ1n) is 14.0. The summed E-state index contributed by atoms with van der Waals surface area (Å²) in [5, 5.41) is 12.4. The Labute approximate surface area is 258 Å². The molecule has 1 saturated carbocycles. The fourth-order valence-electron chi connectivity index (χ4n) is 5.11. The lowest BCUT2D eigenvalue weighted by atomic mass is 9.94. The third-order valence-electron chi connectivity index (χ3n) is 7.37. The Morgan fingerprint density at radius 3 is 2.59 bits per heavy atom. The lowest BCUT2D eigenvalue weighted by Crippen LogP contribution is -2.06. The Morgan fingerprint density at radius 1 is 1.07 bits per heavy atom. The van der Waals surface area contributed by atoms with Crippen molar-refractivity contribution in [1.82, 2.24) is 14.8 Å². The molecule has 6 rings (SSSR count). The highest BCUT2D eigenvalue weighted by molar-refractivity contribution is 7.82. The van der Waals surface area contributed by atoms with Gasteiger partial charge in [0.25, 0.3) is 0 Å². The SMILES string of the molecule is CCOC(=O)c1csc(-n2nc(CC3CC3)c(Cc3ccc(S(N)=O)c(F)c3)c2-c2ccc(F)c(-c3cccc(F)c3)c2)n1. The number of carbonyl (C=O) groups is 1. The predicted octanol–water partition coefficient (Wildman–Crippen LogP) is 6.78. The van der Waals surface area contributed by atoms with Gasteiger partial charge >= 0.3 is 5.97 Å². The van der Waals surface area contributed by atoms with Gasteiger partial charge in [0.05, 0.1) is 22.9 Å². The normalized spacial score (nSPS) is 13.7. The fourth-order valence-corrected chi connectivity index (χ4v) is 6.31. The van der Waals surface area contributed by atoms with E-state index in [1.165, 1.54) is 47.7 Å². The summed E-state index contributed by atoms with van der Waals surface area (Å²) in [7, 11) is -1.98. The van der Waals surface area contributed by atoms with Gasteiger partial charge in [-0.3, -0.25) is 0 Å². The fraction of sp³-hybridized carbons (Fsp3) is 0.219. The third kappa shape index (κ3) is 6.23. The van der Waals surface area contributed by atoms with Crippen LogP contribution in [-0.4, -0.2) is 31.5 Å². The molecule has 5 aromatic rings. The van der Waals surface area contributed by atoms with Crippen LogP contribution in [0.4, 0.5) is 13.2 Å². The molecule has 1 unspecified atom stereocenters. The molecule has 0 bridgehead atoms. The van der Waals surface area contributed by atoms with Crippen molar-refractivity contribution in [3.05, 3.63) is 106 Å². The quantitative estimate of drug-likeness (QED) is 0.170. The average molecular weight is 637 g/mol. The maximum absolute atomic E-state index is 15.2. The number of nitrogens with zero attached hydrogens (tertiary/aromatic N) is 3. The smallest absolute Gasteiger partial charge is 0.357 e. The van der Waals surface area contributed by atoms with Crippen LogP contribution in [0.3, 0.4) is 0 Å². The highest BCUT2D eigenvalue weighted by atomic mass is 32.2. The van der Waals surface area contributed by atoms with Gasteiger partial charge in [-0.1, -0.05) is 18.2 Å². The lowest BCUT2D eigenvalue weighted by Gasteiger charge is -2.12. The van der Waals surface area contributed by atoms with Gasteiger partial charge < -0.3 is 4.74 Å². The molecular formula is C32H27F3N4O3S2. The van der Waals surface area contributed by atoms with Crippen LogP contribution in [-0.2, 0) is 28.6 Å². The van der Waals surface area contributed by atoms with E-state index in [0.29, 0.717) is 39.9 Å². The minimum Gasteiger partial charge on any atom is -0.461 e. The molecule has 1 aliphatic carbocycles. The molecule has 1 aliphatic rings. The number of carbonyl (C=O) groups excluding carboxylic acids is 1. The molecule has 0 aliphatic heterocycles. The van der Waals surface area contributed by atoms with E-state index in [0.717, 1.165) is 24.1 Å². The van der Waals surface area contributed by atoms with E-state index in [2.05, 4.69) is 4.98 Å². The van der Waals surface area contributed by atoms with Gasteiger partial charge in [0.2, 0.25) is 5.13 Å². The summed E-state index contributed by atoms with van der Waals surface area (Å²) in [4.78, 5) is 16.8. The Bertz CT molecular complexity index is 1900. The second-order valence-electron chi connectivity index (χ2n) is 10.5. The van der Waals surface area contributed by atoms with Crippen LogP contribution in [0, 0.1) is 23.4 Å². The number of aromatic nitrogens is 3. The summed E-state index contributed by atoms with van der Waals surface area (Å²) in [5.74, 6) is -1.84. The summed E-state index contributed by atoms with van der Waals surface area (Å²) in [6.07, 6.45) is 3.01. The van der Waals surface area contributed by atoms with Crippen molar-refractivity contribution >= 4 is 28.3 Å². The van der Waals surface area contributed by atoms with Crippen LogP contribution >= 0.6 is 11.3 Å². The Morgan fingerprint density at radius 2 is 1.89 bits per heavy atom. The first kappa shape index (κ1) is 29.9. The maximum atomic E-state index is 15.2. The molecular weight excluding hydrogens is 610 g/mol. The zero-order valence-corrected chi connectivity index (χ0v) is 25.2. The number of hydrogen-bond acceptors (Lipinski definition) is 6. The molecule has 0 radical (unpaired) electrons. The second kappa shape index (κ2) is 12.5. The van der Waals surface area contributed by atoms with Crippen LogP contribution in [0.2, 0.25) is 0 Å². The number of nitrogens with two attached hydrogens (primary N) is 1. The minimum absolute atomic E-state index is 0.101. The predicted molar refractivity (Wildman–Crippen MR) is 162 cm³/mol. The van der Waals surface area contributed by atoms with Gasteiger partial charge in [0.1, 0.15) is 28.4 Å². The summed E-state index contributed by atoms with van der Waals surface area (Å²) < 4.78 is 62.7. The van der Waals surface area contributed by atoms with Gasteiger partial charge in [0, 0.05) is 28.5 Å². The topological polar surface area (TPSA) is 100 Å². The molecule has 2 N–H and O–H groups in total. The van der Waals surface area contributed by atoms with E-state index >= 15 is 4.39 Å². The molecule has 0 amide bonds. The van der Waals surface area contributed by atoms with Gasteiger partial charge in [-0.25, -0.2) is 37.0 Å². The first-order chi connectivity index (χ1) is 21.2. The van der Waals surface area contributed by atoms with Crippen molar-refractivity contribution in [2.75, 3.05) is 6.61 Å². The highest BCUT2D eigenvalue weighted by Crippen LogP contribution is 2.39. The molecule has 7 nitrogen and oxygen atoms in total. The zero-order chi connectivity index (χ0) is 31.0. The van der Waals surface area contributed by atoms with Gasteiger partial charge in [-0.05, 0) is 85.7 Å². The van der Waals surface area contributed by atoms with E-state index in [-0.39, 0.29) is 29.2 Å². The van der Waals surface area contributed by atoms with Crippen LogP contribution in [0.25, 0.3) is 27.5 Å². The summed E-state index contributed by atoms with van der Waals surface area (Å²) >= 11 is 1.20. The van der Waals surface area contributed by atoms with Crippen molar-refractivity contribution in [1.29, 1.82) is 0 Å². The molecule has 2 aromatic heterocycles. The Balaban J connectivity index is 1.55. The third-order valence-corrected chi connectivity index (χ3v) is 8.95. The Kier molecular flexibility index (Phi) is 8.48. The number of benzene rings is 3. The summed E-state index contributed by atoms with van der Waals surface area (Å²) in [5.41, 5.74) is 3.96. The second-order valence-corrected chi connectivity index (χ2v) is 12.4. The molecule has 0 saturated heterocycles. The van der Waals surface area contributed by atoms with Gasteiger partial charge in [0.15, 0.2) is 5.69 Å². The lowest BCUT2D eigenvalue weighted by molar-refractivity contribution is 0.0520. The van der Waals surface area contributed by atoms with Crippen molar-refractivity contribution < 1.29 is 26.9 Å². The number of hydrogen-bond donors (Lipinski definition) is 1. The molecule has 0 spiro atoms. The van der Waals surface area contributed by atoms with Crippen LogP contribution in [0.5, 0.6) is 0 Å². The number of thiazole rings is 1. The molecule has 12 heteroatoms. The van der Waals surface area contributed by atoms with E-state index in [1.54, 1.807) is 41.3 Å². The number of esters is 1. The van der Waals surface area contributed by atoms with E-state index < -0.39 is 34.4 Å². The van der Waals surface area contributed by atoms with Crippen molar-refractivity contribution in [2.24, 2.45) is 11.1 Å². The maximum Gasteiger partial charge on any atom is 0.357 e. The molecule has 3 aromatic carbocycles. The van der Waals surface area contributed by atoms with Gasteiger partial charge in [-0.2, -0.15) is 5.10 Å². The monoisotopic (exact) mass is 636 g/mol. The molecule has 44 heavy (non-hydrogen) atoms. The van der Waals surface area contributed by atoms with Crippen LogP contribution in [0.1, 0.15) is 47.1 Å². The number of halogens is 3. The van der Waals surface area contributed by atoms with Crippen molar-refractivity contribution in [3.8, 4) is 27.5 Å². The standard InChI is InChI=1S/C32H27F3N4O3S2/c1-2-42-31(40)28-17-43-32(37-28)39-30(21-9-10-25(34)23(16-21)20-4-3-5-22(33)15-20)24(27(38-39)14-18-6-7-18)12-19-8-11-29(44(36)41)26(35)13-19/h3-5,8-11,13,15-18H,2,6-7,12,14,36H2,1H3. The molecule has 226 valence electrons.